The largest absolute Gasteiger partial charge is 0.0680 e. The molecule has 48 valence electrons. The fraction of sp³-hybridized carbons (Fsp3) is 1.00. The maximum atomic E-state index is 2.31. The normalized spacial score (nSPS) is 9.00. The zero-order valence-corrected chi connectivity index (χ0v) is 10.5. The third kappa shape index (κ3) is 5.24. The first kappa shape index (κ1) is 11.8. The van der Waals surface area contributed by atoms with E-state index in [1.807, 2.05) is 0 Å². The van der Waals surface area contributed by atoms with Gasteiger partial charge in [-0.1, -0.05) is 38.9 Å². The molecule has 0 fully saturated rings. The van der Waals surface area contributed by atoms with E-state index in [4.69, 9.17) is 0 Å². The molecule has 0 heterocycles. The molecule has 0 N–H and O–H groups in total. The maximum absolute atomic E-state index is 2.31. The van der Waals surface area contributed by atoms with Crippen LogP contribution in [0.2, 0.25) is 18.1 Å². The Labute approximate surface area is 73.8 Å². The molecule has 0 aromatic rings. The molecule has 0 rings (SSSR count). The second kappa shape index (κ2) is 8.10. The van der Waals surface area contributed by atoms with Crippen LogP contribution in [0.15, 0.2) is 0 Å². The number of hydrogen-bond acceptors (Lipinski definition) is 0. The van der Waals surface area contributed by atoms with E-state index in [-0.39, 0.29) is 35.0 Å². The fourth-order valence-electron chi connectivity index (χ4n) is 0.750. The molecule has 0 saturated carbocycles. The van der Waals surface area contributed by atoms with Gasteiger partial charge >= 0.3 is 0 Å². The molecule has 2 heteroatoms. The van der Waals surface area contributed by atoms with Crippen LogP contribution in [-0.2, 0) is 0 Å². The van der Waals surface area contributed by atoms with Gasteiger partial charge < -0.3 is 0 Å². The molecule has 0 aromatic heterocycles. The Morgan fingerprint density at radius 1 is 0.875 bits per heavy atom. The molecule has 0 nitrogen and oxygen atoms in total. The zero-order chi connectivity index (χ0) is 5.70. The van der Waals surface area contributed by atoms with E-state index < -0.39 is 0 Å². The minimum absolute atomic E-state index is 0. The minimum atomic E-state index is 0. The first-order valence-electron chi connectivity index (χ1n) is 3.18. The summed E-state index contributed by atoms with van der Waals surface area (Å²) in [6.45, 7) is 6.92. The van der Waals surface area contributed by atoms with Crippen molar-refractivity contribution in [3.05, 3.63) is 0 Å². The molecule has 0 aliphatic rings. The predicted octanol–water partition coefficient (Wildman–Crippen LogP) is 2.16. The summed E-state index contributed by atoms with van der Waals surface area (Å²) >= 11 is 0. The van der Waals surface area contributed by atoms with Gasteiger partial charge in [0.1, 0.15) is 0 Å². The molecule has 4 radical (unpaired) electrons. The van der Waals surface area contributed by atoms with E-state index in [0.29, 0.717) is 0 Å². The van der Waals surface area contributed by atoms with Crippen molar-refractivity contribution >= 4 is 35.0 Å². The van der Waals surface area contributed by atoms with E-state index >= 15 is 0 Å². The summed E-state index contributed by atoms with van der Waals surface area (Å²) in [7, 11) is 0.137. The van der Waals surface area contributed by atoms with Gasteiger partial charge in [-0.15, -0.1) is 0 Å². The van der Waals surface area contributed by atoms with Crippen LogP contribution < -0.4 is 0 Å². The third-order valence-electron chi connectivity index (χ3n) is 1.50. The zero-order valence-electron chi connectivity index (χ0n) is 6.07. The molecule has 8 heavy (non-hydrogen) atoms. The molecule has 0 aliphatic heterocycles. The Kier molecular flexibility index (Phi) is 12.0. The summed E-state index contributed by atoms with van der Waals surface area (Å²) in [5, 5.41) is 0. The van der Waals surface area contributed by atoms with E-state index in [1.165, 1.54) is 18.1 Å². The van der Waals surface area contributed by atoms with Crippen molar-refractivity contribution in [2.75, 3.05) is 0 Å². The molecular weight excluding hydrogens is 309 g/mol. The summed E-state index contributed by atoms with van der Waals surface area (Å²) in [4.78, 5) is 0. The van der Waals surface area contributed by atoms with Crippen molar-refractivity contribution in [2.45, 2.75) is 38.9 Å². The quantitative estimate of drug-likeness (QED) is 0.698. The van der Waals surface area contributed by atoms with Gasteiger partial charge in [0, 0.05) is 35.0 Å². The van der Waals surface area contributed by atoms with E-state index in [0.717, 1.165) is 0 Å². The Hall–Kier alpha value is 1.10. The standard InChI is InChI=1S/C6H15Si.Bi/c1-4-7(5-2)6-3;/h4-6H2,1-3H3;. The van der Waals surface area contributed by atoms with Gasteiger partial charge in [0.25, 0.3) is 0 Å². The summed E-state index contributed by atoms with van der Waals surface area (Å²) in [6.07, 6.45) is 0. The second-order valence-corrected chi connectivity index (χ2v) is 5.43. The van der Waals surface area contributed by atoms with Crippen LogP contribution in [-0.4, -0.2) is 35.0 Å². The summed E-state index contributed by atoms with van der Waals surface area (Å²) in [6, 6.07) is 4.37. The van der Waals surface area contributed by atoms with Crippen molar-refractivity contribution < 1.29 is 0 Å². The van der Waals surface area contributed by atoms with Crippen molar-refractivity contribution in [2.24, 2.45) is 0 Å². The molecular formula is C6H15BiSi. The monoisotopic (exact) mass is 324 g/mol. The molecule has 0 amide bonds. The van der Waals surface area contributed by atoms with Gasteiger partial charge in [0.2, 0.25) is 0 Å². The Morgan fingerprint density at radius 3 is 1.12 bits per heavy atom. The van der Waals surface area contributed by atoms with Gasteiger partial charge in [-0.05, 0) is 0 Å². The first-order valence-corrected chi connectivity index (χ1v) is 5.30. The molecule has 0 saturated heterocycles. The van der Waals surface area contributed by atoms with Crippen molar-refractivity contribution in [1.29, 1.82) is 0 Å². The van der Waals surface area contributed by atoms with Crippen LogP contribution in [0.1, 0.15) is 20.8 Å². The molecule has 0 aromatic carbocycles. The van der Waals surface area contributed by atoms with Gasteiger partial charge in [-0.2, -0.15) is 0 Å². The predicted molar refractivity (Wildman–Crippen MR) is 43.0 cm³/mol. The minimum Gasteiger partial charge on any atom is -0.0680 e. The van der Waals surface area contributed by atoms with Crippen LogP contribution in [0, 0.1) is 0 Å². The van der Waals surface area contributed by atoms with Gasteiger partial charge in [-0.3, -0.25) is 0 Å². The van der Waals surface area contributed by atoms with Crippen LogP contribution >= 0.6 is 0 Å². The Bertz CT molecular complexity index is 30.0. The Morgan fingerprint density at radius 2 is 1.12 bits per heavy atom. The number of rotatable bonds is 3. The summed E-state index contributed by atoms with van der Waals surface area (Å²) < 4.78 is 0. The van der Waals surface area contributed by atoms with E-state index in [2.05, 4.69) is 20.8 Å². The smallest absolute Gasteiger partial charge is 0.0470 e. The van der Waals surface area contributed by atoms with Crippen molar-refractivity contribution in [3.8, 4) is 0 Å². The van der Waals surface area contributed by atoms with Crippen LogP contribution in [0.25, 0.3) is 0 Å². The van der Waals surface area contributed by atoms with Gasteiger partial charge in [0.05, 0.1) is 0 Å². The van der Waals surface area contributed by atoms with Gasteiger partial charge in [0.15, 0.2) is 0 Å². The van der Waals surface area contributed by atoms with Crippen LogP contribution in [0.3, 0.4) is 0 Å². The topological polar surface area (TPSA) is 0 Å². The average molecular weight is 324 g/mol. The van der Waals surface area contributed by atoms with E-state index in [1.54, 1.807) is 0 Å². The number of hydrogen-bond donors (Lipinski definition) is 0. The van der Waals surface area contributed by atoms with Crippen LogP contribution in [0.4, 0.5) is 0 Å². The summed E-state index contributed by atoms with van der Waals surface area (Å²) in [5.74, 6) is 0. The average Bonchev–Trinajstić information content (AvgIpc) is 1.72. The molecule has 0 spiro atoms. The van der Waals surface area contributed by atoms with E-state index in [9.17, 15) is 0 Å². The third-order valence-corrected chi connectivity index (χ3v) is 4.50. The fourth-order valence-corrected chi connectivity index (χ4v) is 2.25. The summed E-state index contributed by atoms with van der Waals surface area (Å²) in [5.41, 5.74) is 0. The van der Waals surface area contributed by atoms with Crippen molar-refractivity contribution in [3.63, 3.8) is 0 Å². The SMILES string of the molecule is CC[Si](CC)CC.[Bi]. The molecule has 0 unspecified atom stereocenters. The second-order valence-electron chi connectivity index (χ2n) is 1.81. The molecule has 0 aliphatic carbocycles. The molecule has 0 atom stereocenters. The van der Waals surface area contributed by atoms with Crippen molar-refractivity contribution in [1.82, 2.24) is 0 Å². The first-order chi connectivity index (χ1) is 3.35. The molecule has 0 bridgehead atoms. The van der Waals surface area contributed by atoms with Gasteiger partial charge in [-0.25, -0.2) is 0 Å². The van der Waals surface area contributed by atoms with Crippen LogP contribution in [0.5, 0.6) is 0 Å². The Balaban J connectivity index is 0. The maximum Gasteiger partial charge on any atom is 0.0470 e.